The van der Waals surface area contributed by atoms with Crippen LogP contribution in [-0.2, 0) is 10.0 Å². The van der Waals surface area contributed by atoms with E-state index >= 15 is 0 Å². The van der Waals surface area contributed by atoms with Crippen molar-refractivity contribution in [2.45, 2.75) is 38.0 Å². The van der Waals surface area contributed by atoms with Crippen molar-refractivity contribution in [1.82, 2.24) is 14.3 Å². The first-order chi connectivity index (χ1) is 13.3. The van der Waals surface area contributed by atoms with Crippen molar-refractivity contribution >= 4 is 21.9 Å². The van der Waals surface area contributed by atoms with Gasteiger partial charge in [-0.25, -0.2) is 18.4 Å². The summed E-state index contributed by atoms with van der Waals surface area (Å²) in [6.45, 7) is 4.59. The quantitative estimate of drug-likeness (QED) is 0.822. The highest BCUT2D eigenvalue weighted by atomic mass is 32.2. The molecule has 1 aromatic carbocycles. The van der Waals surface area contributed by atoms with Gasteiger partial charge in [0.15, 0.2) is 0 Å². The Kier molecular flexibility index (Phi) is 5.95. The van der Waals surface area contributed by atoms with E-state index in [9.17, 15) is 13.2 Å². The second kappa shape index (κ2) is 8.24. The van der Waals surface area contributed by atoms with Crippen molar-refractivity contribution in [2.75, 3.05) is 25.5 Å². The molecule has 0 bridgehead atoms. The van der Waals surface area contributed by atoms with E-state index in [-0.39, 0.29) is 22.2 Å². The first kappa shape index (κ1) is 20.2. The number of nitrogens with zero attached hydrogens (tertiary/aromatic N) is 3. The van der Waals surface area contributed by atoms with Crippen molar-refractivity contribution < 1.29 is 17.9 Å². The lowest BCUT2D eigenvalue weighted by Crippen LogP contribution is -2.35. The lowest BCUT2D eigenvalue weighted by molar-refractivity contribution is 0.102. The van der Waals surface area contributed by atoms with E-state index in [0.29, 0.717) is 13.1 Å². The van der Waals surface area contributed by atoms with Gasteiger partial charge in [0.1, 0.15) is 5.75 Å². The summed E-state index contributed by atoms with van der Waals surface area (Å²) in [5.41, 5.74) is 1.55. The molecule has 0 unspecified atom stereocenters. The summed E-state index contributed by atoms with van der Waals surface area (Å²) in [6, 6.07) is 6.10. The molecule has 0 saturated carbocycles. The SMILES string of the molecule is COc1ccc(S(=O)(=O)N2CCCCC2)cc1C(=O)Nc1nc(C)cc(C)n1. The number of carbonyl (C=O) groups is 1. The number of carbonyl (C=O) groups excluding carboxylic acids is 1. The molecule has 0 spiro atoms. The van der Waals surface area contributed by atoms with E-state index in [1.165, 1.54) is 29.6 Å². The molecule has 9 heteroatoms. The Labute approximate surface area is 165 Å². The number of ether oxygens (including phenoxy) is 1. The Bertz CT molecular complexity index is 965. The van der Waals surface area contributed by atoms with Crippen LogP contribution in [0.4, 0.5) is 5.95 Å². The number of rotatable bonds is 5. The van der Waals surface area contributed by atoms with Crippen LogP contribution in [0.25, 0.3) is 0 Å². The summed E-state index contributed by atoms with van der Waals surface area (Å²) in [7, 11) is -2.23. The van der Waals surface area contributed by atoms with E-state index in [1.54, 1.807) is 19.9 Å². The summed E-state index contributed by atoms with van der Waals surface area (Å²) in [4.78, 5) is 21.2. The van der Waals surface area contributed by atoms with Crippen LogP contribution in [0, 0.1) is 13.8 Å². The molecular weight excluding hydrogens is 380 g/mol. The van der Waals surface area contributed by atoms with E-state index in [2.05, 4.69) is 15.3 Å². The third-order valence-electron chi connectivity index (χ3n) is 4.58. The van der Waals surface area contributed by atoms with Crippen molar-refractivity contribution in [3.8, 4) is 5.75 Å². The predicted octanol–water partition coefficient (Wildman–Crippen LogP) is 2.53. The fourth-order valence-electron chi connectivity index (χ4n) is 3.23. The minimum atomic E-state index is -3.66. The number of anilines is 1. The van der Waals surface area contributed by atoms with Crippen LogP contribution in [0.15, 0.2) is 29.2 Å². The number of hydrogen-bond donors (Lipinski definition) is 1. The van der Waals surface area contributed by atoms with Gasteiger partial charge >= 0.3 is 0 Å². The van der Waals surface area contributed by atoms with Crippen LogP contribution in [0.3, 0.4) is 0 Å². The Morgan fingerprint density at radius 1 is 1.07 bits per heavy atom. The Morgan fingerprint density at radius 2 is 1.71 bits per heavy atom. The van der Waals surface area contributed by atoms with Crippen molar-refractivity contribution in [2.24, 2.45) is 0 Å². The second-order valence-corrected chi connectivity index (χ2v) is 8.69. The highest BCUT2D eigenvalue weighted by Crippen LogP contribution is 2.27. The van der Waals surface area contributed by atoms with Gasteiger partial charge in [-0.1, -0.05) is 6.42 Å². The molecule has 0 atom stereocenters. The summed E-state index contributed by atoms with van der Waals surface area (Å²) in [5.74, 6) is -0.0918. The maximum absolute atomic E-state index is 12.9. The maximum atomic E-state index is 12.9. The number of aryl methyl sites for hydroxylation is 2. The zero-order chi connectivity index (χ0) is 20.3. The third-order valence-corrected chi connectivity index (χ3v) is 6.47. The molecule has 1 saturated heterocycles. The van der Waals surface area contributed by atoms with Crippen molar-refractivity contribution in [1.29, 1.82) is 0 Å². The lowest BCUT2D eigenvalue weighted by atomic mass is 10.2. The lowest BCUT2D eigenvalue weighted by Gasteiger charge is -2.26. The Morgan fingerprint density at radius 3 is 2.32 bits per heavy atom. The number of piperidine rings is 1. The summed E-state index contributed by atoms with van der Waals surface area (Å²) in [5, 5.41) is 2.62. The van der Waals surface area contributed by atoms with Crippen molar-refractivity contribution in [3.05, 3.63) is 41.2 Å². The average Bonchev–Trinajstić information content (AvgIpc) is 2.67. The van der Waals surface area contributed by atoms with Gasteiger partial charge in [-0.15, -0.1) is 0 Å². The van der Waals surface area contributed by atoms with Gasteiger partial charge in [0, 0.05) is 24.5 Å². The van der Waals surface area contributed by atoms with Crippen LogP contribution in [0.1, 0.15) is 41.0 Å². The minimum Gasteiger partial charge on any atom is -0.496 e. The third kappa shape index (κ3) is 4.31. The molecule has 1 N–H and O–H groups in total. The topological polar surface area (TPSA) is 101 Å². The van der Waals surface area contributed by atoms with E-state index in [4.69, 9.17) is 4.74 Å². The molecular formula is C19H24N4O4S. The highest BCUT2D eigenvalue weighted by molar-refractivity contribution is 7.89. The van der Waals surface area contributed by atoms with Crippen LogP contribution < -0.4 is 10.1 Å². The number of nitrogens with one attached hydrogen (secondary N) is 1. The number of sulfonamides is 1. The van der Waals surface area contributed by atoms with Gasteiger partial charge in [0.05, 0.1) is 17.6 Å². The van der Waals surface area contributed by atoms with Gasteiger partial charge in [0.25, 0.3) is 5.91 Å². The van der Waals surface area contributed by atoms with Crippen molar-refractivity contribution in [3.63, 3.8) is 0 Å². The number of methoxy groups -OCH3 is 1. The van der Waals surface area contributed by atoms with Crippen LogP contribution in [0.5, 0.6) is 5.75 Å². The minimum absolute atomic E-state index is 0.0710. The zero-order valence-corrected chi connectivity index (χ0v) is 17.0. The largest absolute Gasteiger partial charge is 0.496 e. The predicted molar refractivity (Wildman–Crippen MR) is 105 cm³/mol. The summed E-state index contributed by atoms with van der Waals surface area (Å²) in [6.07, 6.45) is 2.71. The number of benzene rings is 1. The van der Waals surface area contributed by atoms with Crippen LogP contribution in [0.2, 0.25) is 0 Å². The molecule has 28 heavy (non-hydrogen) atoms. The molecule has 2 heterocycles. The standard InChI is InChI=1S/C19H24N4O4S/c1-13-11-14(2)21-19(20-13)22-18(24)16-12-15(7-8-17(16)27-3)28(25,26)23-9-5-4-6-10-23/h7-8,11-12H,4-6,9-10H2,1-3H3,(H,20,21,22,24). The average molecular weight is 404 g/mol. The Balaban J connectivity index is 1.93. The second-order valence-electron chi connectivity index (χ2n) is 6.76. The molecule has 1 fully saturated rings. The number of hydrogen-bond acceptors (Lipinski definition) is 6. The van der Waals surface area contributed by atoms with E-state index < -0.39 is 15.9 Å². The normalized spacial score (nSPS) is 15.2. The van der Waals surface area contributed by atoms with Gasteiger partial charge in [-0.05, 0) is 51.0 Å². The molecule has 0 aliphatic carbocycles. The van der Waals surface area contributed by atoms with Gasteiger partial charge in [-0.2, -0.15) is 4.31 Å². The molecule has 1 aliphatic heterocycles. The molecule has 1 aliphatic rings. The highest BCUT2D eigenvalue weighted by Gasteiger charge is 2.27. The monoisotopic (exact) mass is 404 g/mol. The number of amides is 1. The Hall–Kier alpha value is -2.52. The smallest absolute Gasteiger partial charge is 0.261 e. The fraction of sp³-hybridized carbons (Fsp3) is 0.421. The van der Waals surface area contributed by atoms with Gasteiger partial charge < -0.3 is 4.74 Å². The molecule has 0 radical (unpaired) electrons. The summed E-state index contributed by atoms with van der Waals surface area (Å²) < 4.78 is 32.6. The number of aromatic nitrogens is 2. The van der Waals surface area contributed by atoms with E-state index in [0.717, 1.165) is 30.7 Å². The van der Waals surface area contributed by atoms with Crippen LogP contribution in [-0.4, -0.2) is 48.8 Å². The first-order valence-corrected chi connectivity index (χ1v) is 10.6. The van der Waals surface area contributed by atoms with Gasteiger partial charge in [0.2, 0.25) is 16.0 Å². The first-order valence-electron chi connectivity index (χ1n) is 9.13. The van der Waals surface area contributed by atoms with Crippen LogP contribution >= 0.6 is 0 Å². The van der Waals surface area contributed by atoms with Gasteiger partial charge in [-0.3, -0.25) is 10.1 Å². The summed E-state index contributed by atoms with van der Waals surface area (Å²) >= 11 is 0. The van der Waals surface area contributed by atoms with E-state index in [1.807, 2.05) is 0 Å². The molecule has 8 nitrogen and oxygen atoms in total. The fourth-order valence-corrected chi connectivity index (χ4v) is 4.77. The molecule has 150 valence electrons. The molecule has 3 rings (SSSR count). The maximum Gasteiger partial charge on any atom is 0.261 e. The molecule has 1 aromatic heterocycles. The molecule has 1 amide bonds. The molecule has 2 aromatic rings. The zero-order valence-electron chi connectivity index (χ0n) is 16.2.